The van der Waals surface area contributed by atoms with Crippen molar-refractivity contribution in [2.45, 2.75) is 19.9 Å². The Hall–Kier alpha value is -1.40. The maximum Gasteiger partial charge on any atom is 0.240 e. The van der Waals surface area contributed by atoms with Gasteiger partial charge in [0, 0.05) is 12.6 Å². The zero-order valence-corrected chi connectivity index (χ0v) is 11.9. The lowest BCUT2D eigenvalue weighted by molar-refractivity contribution is -0.121. The van der Waals surface area contributed by atoms with Crippen LogP contribution in [0.25, 0.3) is 11.0 Å². The molecule has 2 rings (SSSR count). The van der Waals surface area contributed by atoms with E-state index in [0.29, 0.717) is 22.3 Å². The minimum atomic E-state index is -0.520. The molecule has 1 heterocycles. The summed E-state index contributed by atoms with van der Waals surface area (Å²) < 4.78 is 15.3. The van der Waals surface area contributed by atoms with Crippen molar-refractivity contribution >= 4 is 40.8 Å². The molecule has 4 nitrogen and oxygen atoms in total. The van der Waals surface area contributed by atoms with Gasteiger partial charge in [-0.05, 0) is 24.7 Å². The van der Waals surface area contributed by atoms with Crippen molar-refractivity contribution in [2.24, 2.45) is 0 Å². The van der Waals surface area contributed by atoms with Crippen LogP contribution in [0.3, 0.4) is 0 Å². The fourth-order valence-electron chi connectivity index (χ4n) is 1.77. The standard InChI is InChI=1S/C12H13ClFN3OS/c1-2-3-15-11(18)6-17-10-4-7(13)8(14)5-9(10)16-12(17)19/h4-5H,2-3,6H2,1H3,(H,15,18)(H,16,19). The molecule has 0 unspecified atom stereocenters. The second-order valence-corrected chi connectivity index (χ2v) is 4.94. The summed E-state index contributed by atoms with van der Waals surface area (Å²) in [6, 6.07) is 2.74. The number of nitrogens with one attached hydrogen (secondary N) is 2. The molecule has 1 amide bonds. The number of benzene rings is 1. The van der Waals surface area contributed by atoms with Gasteiger partial charge in [-0.25, -0.2) is 4.39 Å². The lowest BCUT2D eigenvalue weighted by atomic mass is 10.3. The molecule has 2 N–H and O–H groups in total. The first-order chi connectivity index (χ1) is 9.02. The largest absolute Gasteiger partial charge is 0.355 e. The van der Waals surface area contributed by atoms with Crippen LogP contribution in [0, 0.1) is 10.6 Å². The van der Waals surface area contributed by atoms with E-state index in [1.165, 1.54) is 12.1 Å². The quantitative estimate of drug-likeness (QED) is 0.853. The van der Waals surface area contributed by atoms with Gasteiger partial charge in [0.2, 0.25) is 5.91 Å². The summed E-state index contributed by atoms with van der Waals surface area (Å²) in [5.41, 5.74) is 1.14. The van der Waals surface area contributed by atoms with Crippen molar-refractivity contribution in [1.82, 2.24) is 14.9 Å². The highest BCUT2D eigenvalue weighted by Crippen LogP contribution is 2.22. The second kappa shape index (κ2) is 5.71. The van der Waals surface area contributed by atoms with Crippen molar-refractivity contribution in [3.05, 3.63) is 27.7 Å². The first-order valence-electron chi connectivity index (χ1n) is 5.87. The fourth-order valence-corrected chi connectivity index (χ4v) is 2.20. The fraction of sp³-hybridized carbons (Fsp3) is 0.333. The average Bonchev–Trinajstić information content (AvgIpc) is 2.64. The molecule has 0 spiro atoms. The molecule has 0 saturated carbocycles. The minimum Gasteiger partial charge on any atom is -0.355 e. The summed E-state index contributed by atoms with van der Waals surface area (Å²) in [7, 11) is 0. The van der Waals surface area contributed by atoms with Crippen LogP contribution in [0.5, 0.6) is 0 Å². The molecule has 0 radical (unpaired) electrons. The Labute approximate surface area is 119 Å². The van der Waals surface area contributed by atoms with E-state index < -0.39 is 5.82 Å². The molecule has 102 valence electrons. The van der Waals surface area contributed by atoms with Crippen LogP contribution in [0.2, 0.25) is 5.02 Å². The van der Waals surface area contributed by atoms with Gasteiger partial charge in [0.25, 0.3) is 0 Å². The molecule has 0 fully saturated rings. The molecule has 0 saturated heterocycles. The third-order valence-electron chi connectivity index (χ3n) is 2.69. The van der Waals surface area contributed by atoms with E-state index in [9.17, 15) is 9.18 Å². The van der Waals surface area contributed by atoms with Gasteiger partial charge in [-0.3, -0.25) is 4.79 Å². The molecule has 0 aliphatic rings. The van der Waals surface area contributed by atoms with Crippen molar-refractivity contribution in [2.75, 3.05) is 6.54 Å². The van der Waals surface area contributed by atoms with Crippen LogP contribution in [0.15, 0.2) is 12.1 Å². The Bertz CT molecular complexity index is 679. The molecule has 7 heteroatoms. The highest BCUT2D eigenvalue weighted by Gasteiger charge is 2.11. The number of amides is 1. The van der Waals surface area contributed by atoms with Crippen molar-refractivity contribution < 1.29 is 9.18 Å². The van der Waals surface area contributed by atoms with Gasteiger partial charge in [0.15, 0.2) is 4.77 Å². The Kier molecular flexibility index (Phi) is 4.21. The molecular formula is C12H13ClFN3OS. The van der Waals surface area contributed by atoms with E-state index in [-0.39, 0.29) is 17.5 Å². The molecule has 19 heavy (non-hydrogen) atoms. The zero-order chi connectivity index (χ0) is 14.0. The number of imidazole rings is 1. The normalized spacial score (nSPS) is 10.9. The van der Waals surface area contributed by atoms with Crippen LogP contribution in [-0.4, -0.2) is 22.0 Å². The number of aromatic amines is 1. The van der Waals surface area contributed by atoms with Crippen molar-refractivity contribution in [1.29, 1.82) is 0 Å². The van der Waals surface area contributed by atoms with Crippen LogP contribution >= 0.6 is 23.8 Å². The second-order valence-electron chi connectivity index (χ2n) is 4.15. The Morgan fingerprint density at radius 1 is 1.58 bits per heavy atom. The SMILES string of the molecule is CCCNC(=O)Cn1c(=S)[nH]c2cc(F)c(Cl)cc21. The average molecular weight is 302 g/mol. The molecular weight excluding hydrogens is 289 g/mol. The van der Waals surface area contributed by atoms with E-state index in [2.05, 4.69) is 10.3 Å². The van der Waals surface area contributed by atoms with Gasteiger partial charge in [-0.2, -0.15) is 0 Å². The lowest BCUT2D eigenvalue weighted by Crippen LogP contribution is -2.28. The van der Waals surface area contributed by atoms with Gasteiger partial charge < -0.3 is 14.9 Å². The highest BCUT2D eigenvalue weighted by atomic mass is 35.5. The molecule has 1 aromatic heterocycles. The molecule has 2 aromatic rings. The van der Waals surface area contributed by atoms with E-state index >= 15 is 0 Å². The smallest absolute Gasteiger partial charge is 0.240 e. The number of carbonyl (C=O) groups is 1. The molecule has 0 atom stereocenters. The number of fused-ring (bicyclic) bond motifs is 1. The molecule has 0 aliphatic heterocycles. The Morgan fingerprint density at radius 2 is 2.32 bits per heavy atom. The predicted octanol–water partition coefficient (Wildman–Crippen LogP) is 3.02. The van der Waals surface area contributed by atoms with Gasteiger partial charge in [-0.1, -0.05) is 18.5 Å². The number of hydrogen-bond donors (Lipinski definition) is 2. The monoisotopic (exact) mass is 301 g/mol. The number of carbonyl (C=O) groups excluding carboxylic acids is 1. The Morgan fingerprint density at radius 3 is 3.00 bits per heavy atom. The summed E-state index contributed by atoms with van der Waals surface area (Å²) in [6.45, 7) is 2.67. The van der Waals surface area contributed by atoms with E-state index in [1.807, 2.05) is 6.92 Å². The van der Waals surface area contributed by atoms with Gasteiger partial charge >= 0.3 is 0 Å². The van der Waals surface area contributed by atoms with Crippen LogP contribution in [0.4, 0.5) is 4.39 Å². The summed E-state index contributed by atoms with van der Waals surface area (Å²) in [5, 5.41) is 2.77. The highest BCUT2D eigenvalue weighted by molar-refractivity contribution is 7.71. The lowest BCUT2D eigenvalue weighted by Gasteiger charge is -2.06. The van der Waals surface area contributed by atoms with E-state index in [0.717, 1.165) is 6.42 Å². The molecule has 0 bridgehead atoms. The summed E-state index contributed by atoms with van der Waals surface area (Å²) in [6.07, 6.45) is 0.863. The number of aromatic nitrogens is 2. The van der Waals surface area contributed by atoms with Crippen LogP contribution in [0.1, 0.15) is 13.3 Å². The van der Waals surface area contributed by atoms with E-state index in [1.54, 1.807) is 4.57 Å². The summed E-state index contributed by atoms with van der Waals surface area (Å²) in [5.74, 6) is -0.660. The maximum atomic E-state index is 13.3. The van der Waals surface area contributed by atoms with Crippen LogP contribution in [-0.2, 0) is 11.3 Å². The minimum absolute atomic E-state index is 0.00390. The number of halogens is 2. The third kappa shape index (κ3) is 2.96. The topological polar surface area (TPSA) is 49.8 Å². The van der Waals surface area contributed by atoms with Gasteiger partial charge in [-0.15, -0.1) is 0 Å². The Balaban J connectivity index is 2.37. The number of rotatable bonds is 4. The summed E-state index contributed by atoms with van der Waals surface area (Å²) >= 11 is 10.9. The van der Waals surface area contributed by atoms with Crippen molar-refractivity contribution in [3.8, 4) is 0 Å². The van der Waals surface area contributed by atoms with Crippen molar-refractivity contribution in [3.63, 3.8) is 0 Å². The van der Waals surface area contributed by atoms with Gasteiger partial charge in [0.05, 0.1) is 16.1 Å². The first kappa shape index (κ1) is 14.0. The zero-order valence-electron chi connectivity index (χ0n) is 10.3. The van der Waals surface area contributed by atoms with E-state index in [4.69, 9.17) is 23.8 Å². The number of nitrogens with zero attached hydrogens (tertiary/aromatic N) is 1. The maximum absolute atomic E-state index is 13.3. The predicted molar refractivity (Wildman–Crippen MR) is 75.4 cm³/mol. The number of hydrogen-bond acceptors (Lipinski definition) is 2. The molecule has 1 aromatic carbocycles. The van der Waals surface area contributed by atoms with Crippen LogP contribution < -0.4 is 5.32 Å². The summed E-state index contributed by atoms with van der Waals surface area (Å²) in [4.78, 5) is 14.6. The van der Waals surface area contributed by atoms with Gasteiger partial charge in [0.1, 0.15) is 12.4 Å². The first-order valence-corrected chi connectivity index (χ1v) is 6.65. The number of H-pyrrole nitrogens is 1. The third-order valence-corrected chi connectivity index (χ3v) is 3.30. The molecule has 0 aliphatic carbocycles.